The number of esters is 2. The largest absolute Gasteiger partial charge is 0.477 e. The molecular formula is C84H160NO8+. The first kappa shape index (κ1) is 90.5. The summed E-state index contributed by atoms with van der Waals surface area (Å²) in [5.41, 5.74) is 0. The van der Waals surface area contributed by atoms with Gasteiger partial charge in [-0.25, -0.2) is 4.79 Å². The third-order valence-corrected chi connectivity index (χ3v) is 18.9. The first-order valence-corrected chi connectivity index (χ1v) is 41.2. The van der Waals surface area contributed by atoms with Crippen molar-refractivity contribution >= 4 is 17.9 Å². The first-order valence-electron chi connectivity index (χ1n) is 41.2. The molecule has 0 heterocycles. The van der Waals surface area contributed by atoms with Gasteiger partial charge < -0.3 is 28.5 Å². The van der Waals surface area contributed by atoms with Crippen molar-refractivity contribution in [2.75, 3.05) is 47.5 Å². The van der Waals surface area contributed by atoms with Crippen LogP contribution in [0, 0.1) is 0 Å². The lowest BCUT2D eigenvalue weighted by Crippen LogP contribution is -2.40. The second kappa shape index (κ2) is 75.3. The number of allylic oxidation sites excluding steroid dienone is 6. The van der Waals surface area contributed by atoms with E-state index in [1.54, 1.807) is 0 Å². The van der Waals surface area contributed by atoms with Gasteiger partial charge in [0.25, 0.3) is 6.29 Å². The molecule has 0 radical (unpaired) electrons. The lowest BCUT2D eigenvalue weighted by Gasteiger charge is -2.25. The van der Waals surface area contributed by atoms with Gasteiger partial charge in [0, 0.05) is 12.8 Å². The average molecular weight is 1310 g/mol. The molecule has 0 aliphatic rings. The third kappa shape index (κ3) is 76.7. The summed E-state index contributed by atoms with van der Waals surface area (Å²) in [4.78, 5) is 37.7. The van der Waals surface area contributed by atoms with Crippen LogP contribution in [-0.2, 0) is 33.3 Å². The monoisotopic (exact) mass is 1310 g/mol. The van der Waals surface area contributed by atoms with Crippen LogP contribution < -0.4 is 0 Å². The smallest absolute Gasteiger partial charge is 0.361 e. The van der Waals surface area contributed by atoms with E-state index in [4.69, 9.17) is 18.9 Å². The fourth-order valence-corrected chi connectivity index (χ4v) is 12.6. The molecule has 2 unspecified atom stereocenters. The molecule has 0 rings (SSSR count). The molecule has 0 aliphatic heterocycles. The minimum Gasteiger partial charge on any atom is -0.477 e. The van der Waals surface area contributed by atoms with Gasteiger partial charge in [0.05, 0.1) is 34.4 Å². The molecule has 0 saturated heterocycles. The quantitative estimate of drug-likeness (QED) is 0.0211. The molecule has 0 aromatic carbocycles. The van der Waals surface area contributed by atoms with Crippen LogP contribution in [0.1, 0.15) is 425 Å². The number of hydrogen-bond acceptors (Lipinski definition) is 7. The van der Waals surface area contributed by atoms with Crippen molar-refractivity contribution in [3.05, 3.63) is 36.5 Å². The highest BCUT2D eigenvalue weighted by atomic mass is 16.7. The molecule has 0 bridgehead atoms. The SMILES string of the molecule is CCCCCCC/C=C\C/C=C\C/C=C\CCCCCCCCCCCCCCCCCCCCC(=O)OC(COC(=O)CCCCCCCCCCCCCCCCCCCCCCCCCCCCCCCCCCCCC)COC(OCC[N+](C)(C)C)C(=O)O. The zero-order valence-corrected chi connectivity index (χ0v) is 63.0. The van der Waals surface area contributed by atoms with Gasteiger partial charge >= 0.3 is 17.9 Å². The van der Waals surface area contributed by atoms with Crippen molar-refractivity contribution in [1.29, 1.82) is 0 Å². The Bertz CT molecular complexity index is 1620. The summed E-state index contributed by atoms with van der Waals surface area (Å²) in [5.74, 6) is -1.97. The summed E-state index contributed by atoms with van der Waals surface area (Å²) in [6.07, 6.45) is 94.6. The Balaban J connectivity index is 3.96. The normalized spacial score (nSPS) is 12.7. The van der Waals surface area contributed by atoms with E-state index in [9.17, 15) is 19.5 Å². The van der Waals surface area contributed by atoms with E-state index in [1.807, 2.05) is 21.1 Å². The minimum atomic E-state index is -1.51. The molecule has 0 aliphatic carbocycles. The van der Waals surface area contributed by atoms with Crippen LogP contribution in [0.3, 0.4) is 0 Å². The molecule has 0 fully saturated rings. The molecule has 2 atom stereocenters. The Morgan fingerprint density at radius 3 is 0.860 bits per heavy atom. The van der Waals surface area contributed by atoms with Gasteiger partial charge in [-0.15, -0.1) is 0 Å². The van der Waals surface area contributed by atoms with Gasteiger partial charge in [-0.3, -0.25) is 9.59 Å². The van der Waals surface area contributed by atoms with Crippen LogP contribution in [0.15, 0.2) is 36.5 Å². The van der Waals surface area contributed by atoms with E-state index in [1.165, 1.54) is 347 Å². The first-order chi connectivity index (χ1) is 45.6. The molecule has 0 spiro atoms. The number of rotatable bonds is 78. The Labute approximate surface area is 579 Å². The summed E-state index contributed by atoms with van der Waals surface area (Å²) in [7, 11) is 6.00. The molecule has 9 heteroatoms. The van der Waals surface area contributed by atoms with Gasteiger partial charge in [-0.2, -0.15) is 0 Å². The van der Waals surface area contributed by atoms with Crippen LogP contribution >= 0.6 is 0 Å². The maximum Gasteiger partial charge on any atom is 0.361 e. The summed E-state index contributed by atoms with van der Waals surface area (Å²) in [6, 6.07) is 0. The number of carboxylic acids is 1. The molecule has 0 saturated carbocycles. The highest BCUT2D eigenvalue weighted by molar-refractivity contribution is 5.71. The van der Waals surface area contributed by atoms with E-state index in [-0.39, 0.29) is 38.2 Å². The van der Waals surface area contributed by atoms with E-state index < -0.39 is 18.4 Å². The fraction of sp³-hybridized carbons (Fsp3) is 0.893. The Hall–Kier alpha value is -2.49. The molecule has 0 amide bonds. The van der Waals surface area contributed by atoms with Crippen LogP contribution in [0.25, 0.3) is 0 Å². The number of carbonyl (C=O) groups is 3. The molecule has 548 valence electrons. The summed E-state index contributed by atoms with van der Waals surface area (Å²) in [6.45, 7) is 4.95. The van der Waals surface area contributed by atoms with Crippen LogP contribution in [0.4, 0.5) is 0 Å². The standard InChI is InChI=1S/C84H159NO8/c1-6-8-10-12-14-16-18-20-22-24-26-28-30-32-34-36-38-40-41-43-44-46-48-50-52-54-56-58-60-62-64-66-68-70-72-74-81(86)91-78-80(79-92-84(83(88)89)90-77-76-85(3,4)5)93-82(87)75-73-71-69-67-65-63-61-59-57-55-53-51-49-47-45-42-39-37-35-33-31-29-27-25-23-21-19-17-15-13-11-9-7-2/h19,21,25,27,31,33,80,84H,6-18,20,22-24,26,28-30,32,34-79H2,1-5H3/p+1/b21-19-,27-25-,33-31-. The van der Waals surface area contributed by atoms with E-state index in [0.29, 0.717) is 17.4 Å². The van der Waals surface area contributed by atoms with Crippen molar-refractivity contribution in [2.24, 2.45) is 0 Å². The van der Waals surface area contributed by atoms with Crippen molar-refractivity contribution in [2.45, 2.75) is 437 Å². The number of unbranched alkanes of at least 4 members (excludes halogenated alkanes) is 57. The Kier molecular flexibility index (Phi) is 73.3. The third-order valence-electron chi connectivity index (χ3n) is 18.9. The number of quaternary nitrogens is 1. The molecule has 0 aromatic heterocycles. The van der Waals surface area contributed by atoms with E-state index >= 15 is 0 Å². The summed E-state index contributed by atoms with van der Waals surface area (Å²) in [5, 5.41) is 9.78. The number of carboxylic acid groups (broad SMARTS) is 1. The number of hydrogen-bond donors (Lipinski definition) is 1. The van der Waals surface area contributed by atoms with Gasteiger partial charge in [0.2, 0.25) is 0 Å². The zero-order valence-electron chi connectivity index (χ0n) is 63.0. The summed E-state index contributed by atoms with van der Waals surface area (Å²) >= 11 is 0. The molecule has 1 N–H and O–H groups in total. The number of likely N-dealkylation sites (N-methyl/N-ethyl adjacent to an activating group) is 1. The second-order valence-corrected chi connectivity index (χ2v) is 29.4. The lowest BCUT2D eigenvalue weighted by molar-refractivity contribution is -0.870. The Morgan fingerprint density at radius 1 is 0.323 bits per heavy atom. The highest BCUT2D eigenvalue weighted by Gasteiger charge is 2.25. The zero-order chi connectivity index (χ0) is 67.5. The van der Waals surface area contributed by atoms with E-state index in [2.05, 4.69) is 50.3 Å². The average Bonchev–Trinajstić information content (AvgIpc) is 3.74. The van der Waals surface area contributed by atoms with Crippen molar-refractivity contribution in [3.8, 4) is 0 Å². The minimum absolute atomic E-state index is 0.175. The number of nitrogens with zero attached hydrogens (tertiary/aromatic N) is 1. The van der Waals surface area contributed by atoms with Gasteiger partial charge in [-0.1, -0.05) is 397 Å². The predicted molar refractivity (Wildman–Crippen MR) is 401 cm³/mol. The predicted octanol–water partition coefficient (Wildman–Crippen LogP) is 26.3. The molecule has 9 nitrogen and oxygen atoms in total. The number of carbonyl (C=O) groups excluding carboxylic acids is 2. The molecule has 0 aromatic rings. The fourth-order valence-electron chi connectivity index (χ4n) is 12.6. The van der Waals surface area contributed by atoms with Gasteiger partial charge in [-0.05, 0) is 51.4 Å². The Morgan fingerprint density at radius 2 is 0.581 bits per heavy atom. The molecule has 93 heavy (non-hydrogen) atoms. The highest BCUT2D eigenvalue weighted by Crippen LogP contribution is 2.20. The maximum atomic E-state index is 13.0. The van der Waals surface area contributed by atoms with Crippen LogP contribution in [0.5, 0.6) is 0 Å². The maximum absolute atomic E-state index is 13.0. The van der Waals surface area contributed by atoms with Crippen molar-refractivity contribution in [1.82, 2.24) is 0 Å². The topological polar surface area (TPSA) is 108 Å². The van der Waals surface area contributed by atoms with Crippen LogP contribution in [0.2, 0.25) is 0 Å². The summed E-state index contributed by atoms with van der Waals surface area (Å²) < 4.78 is 23.1. The lowest BCUT2D eigenvalue weighted by atomic mass is 10.0. The van der Waals surface area contributed by atoms with Crippen LogP contribution in [-0.4, -0.2) is 87.4 Å². The van der Waals surface area contributed by atoms with Gasteiger partial charge in [0.1, 0.15) is 13.2 Å². The molecular weight excluding hydrogens is 1150 g/mol. The second-order valence-electron chi connectivity index (χ2n) is 29.4. The van der Waals surface area contributed by atoms with Gasteiger partial charge in [0.15, 0.2) is 6.10 Å². The van der Waals surface area contributed by atoms with Crippen molar-refractivity contribution < 1.29 is 42.9 Å². The van der Waals surface area contributed by atoms with Crippen molar-refractivity contribution in [3.63, 3.8) is 0 Å². The van der Waals surface area contributed by atoms with E-state index in [0.717, 1.165) is 51.4 Å². The number of ether oxygens (including phenoxy) is 4. The number of aliphatic carboxylic acids is 1.